The van der Waals surface area contributed by atoms with Gasteiger partial charge in [0.15, 0.2) is 0 Å². The first-order chi connectivity index (χ1) is 6.47. The number of hydrogen-bond acceptors (Lipinski definition) is 4. The van der Waals surface area contributed by atoms with Crippen molar-refractivity contribution >= 4 is 5.97 Å². The van der Waals surface area contributed by atoms with Crippen LogP contribution in [0.5, 0.6) is 0 Å². The van der Waals surface area contributed by atoms with Crippen LogP contribution in [0.25, 0.3) is 0 Å². The third-order valence-corrected chi connectivity index (χ3v) is 2.01. The van der Waals surface area contributed by atoms with Gasteiger partial charge in [0.1, 0.15) is 0 Å². The number of esters is 1. The van der Waals surface area contributed by atoms with Crippen LogP contribution < -0.4 is 0 Å². The molecule has 0 radical (unpaired) electrons. The quantitative estimate of drug-likeness (QED) is 0.585. The molecule has 0 aliphatic rings. The van der Waals surface area contributed by atoms with Crippen LogP contribution in [0.4, 0.5) is 0 Å². The Morgan fingerprint density at radius 1 is 1.29 bits per heavy atom. The van der Waals surface area contributed by atoms with E-state index in [0.717, 1.165) is 6.54 Å². The summed E-state index contributed by atoms with van der Waals surface area (Å²) >= 11 is 0. The molecule has 84 valence electrons. The first-order valence-electron chi connectivity index (χ1n) is 4.94. The fourth-order valence-electron chi connectivity index (χ4n) is 1.24. The van der Waals surface area contributed by atoms with Gasteiger partial charge >= 0.3 is 5.97 Å². The number of hydrogen-bond donors (Lipinski definition) is 0. The van der Waals surface area contributed by atoms with E-state index in [1.54, 1.807) is 0 Å². The van der Waals surface area contributed by atoms with Gasteiger partial charge in [-0.05, 0) is 35.1 Å². The van der Waals surface area contributed by atoms with E-state index in [-0.39, 0.29) is 12.0 Å². The third-order valence-electron chi connectivity index (χ3n) is 2.01. The standard InChI is InChI=1S/C10H22N2O2/c1-6-14-10(13)7-9(12(4)5)8-11(2)3/h9H,6-8H2,1-5H3. The third kappa shape index (κ3) is 5.94. The Labute approximate surface area is 86.8 Å². The Morgan fingerprint density at radius 2 is 1.86 bits per heavy atom. The van der Waals surface area contributed by atoms with Crippen molar-refractivity contribution in [2.45, 2.75) is 19.4 Å². The van der Waals surface area contributed by atoms with Crippen molar-refractivity contribution in [3.63, 3.8) is 0 Å². The highest BCUT2D eigenvalue weighted by Crippen LogP contribution is 2.02. The summed E-state index contributed by atoms with van der Waals surface area (Å²) in [5, 5.41) is 0. The Kier molecular flexibility index (Phi) is 6.49. The highest BCUT2D eigenvalue weighted by molar-refractivity contribution is 5.70. The fourth-order valence-corrected chi connectivity index (χ4v) is 1.24. The minimum Gasteiger partial charge on any atom is -0.466 e. The van der Waals surface area contributed by atoms with Crippen molar-refractivity contribution in [2.24, 2.45) is 0 Å². The second kappa shape index (κ2) is 6.79. The zero-order valence-electron chi connectivity index (χ0n) is 9.91. The molecule has 0 fully saturated rings. The Morgan fingerprint density at radius 3 is 2.21 bits per heavy atom. The summed E-state index contributed by atoms with van der Waals surface area (Å²) in [6.07, 6.45) is 0.457. The maximum atomic E-state index is 11.3. The van der Waals surface area contributed by atoms with Crippen LogP contribution >= 0.6 is 0 Å². The zero-order valence-corrected chi connectivity index (χ0v) is 9.91. The molecule has 0 amide bonds. The van der Waals surface area contributed by atoms with Crippen LogP contribution in [0.15, 0.2) is 0 Å². The molecule has 4 heteroatoms. The van der Waals surface area contributed by atoms with Crippen LogP contribution in [0.3, 0.4) is 0 Å². The maximum Gasteiger partial charge on any atom is 0.307 e. The van der Waals surface area contributed by atoms with Gasteiger partial charge in [0.2, 0.25) is 0 Å². The maximum absolute atomic E-state index is 11.3. The summed E-state index contributed by atoms with van der Waals surface area (Å²) in [6, 6.07) is 0.226. The number of carbonyl (C=O) groups excluding carboxylic acids is 1. The lowest BCUT2D eigenvalue weighted by Gasteiger charge is -2.26. The average Bonchev–Trinajstić information content (AvgIpc) is 2.02. The normalized spacial score (nSPS) is 13.4. The van der Waals surface area contributed by atoms with Crippen molar-refractivity contribution < 1.29 is 9.53 Å². The summed E-state index contributed by atoms with van der Waals surface area (Å²) in [7, 11) is 7.96. The lowest BCUT2D eigenvalue weighted by atomic mass is 10.2. The molecule has 0 saturated carbocycles. The van der Waals surface area contributed by atoms with Gasteiger partial charge in [0.05, 0.1) is 13.0 Å². The molecule has 0 saturated heterocycles. The first kappa shape index (κ1) is 13.4. The van der Waals surface area contributed by atoms with E-state index in [4.69, 9.17) is 4.74 Å². The summed E-state index contributed by atoms with van der Waals surface area (Å²) in [6.45, 7) is 3.15. The predicted molar refractivity (Wildman–Crippen MR) is 57.3 cm³/mol. The molecule has 1 unspecified atom stereocenters. The van der Waals surface area contributed by atoms with Crippen LogP contribution in [0.2, 0.25) is 0 Å². The smallest absolute Gasteiger partial charge is 0.307 e. The van der Waals surface area contributed by atoms with Gasteiger partial charge in [-0.3, -0.25) is 4.79 Å². The molecule has 0 aliphatic heterocycles. The van der Waals surface area contributed by atoms with Crippen molar-refractivity contribution in [1.29, 1.82) is 0 Å². The highest BCUT2D eigenvalue weighted by atomic mass is 16.5. The monoisotopic (exact) mass is 202 g/mol. The second-order valence-corrected chi connectivity index (χ2v) is 3.89. The van der Waals surface area contributed by atoms with Crippen molar-refractivity contribution in [3.8, 4) is 0 Å². The van der Waals surface area contributed by atoms with Crippen molar-refractivity contribution in [1.82, 2.24) is 9.80 Å². The number of ether oxygens (including phenoxy) is 1. The van der Waals surface area contributed by atoms with Crippen LogP contribution in [-0.4, -0.2) is 63.2 Å². The van der Waals surface area contributed by atoms with E-state index in [1.165, 1.54) is 0 Å². The largest absolute Gasteiger partial charge is 0.466 e. The number of carbonyl (C=O) groups is 1. The van der Waals surface area contributed by atoms with Gasteiger partial charge in [-0.25, -0.2) is 0 Å². The molecule has 0 aromatic carbocycles. The molecule has 0 aromatic heterocycles. The number of rotatable bonds is 6. The molecule has 0 spiro atoms. The molecule has 0 N–H and O–H groups in total. The topological polar surface area (TPSA) is 32.8 Å². The Balaban J connectivity index is 4.02. The molecular formula is C10H22N2O2. The zero-order chi connectivity index (χ0) is 11.1. The molecular weight excluding hydrogens is 180 g/mol. The molecule has 14 heavy (non-hydrogen) atoms. The van der Waals surface area contributed by atoms with E-state index in [2.05, 4.69) is 9.80 Å². The van der Waals surface area contributed by atoms with Gasteiger partial charge in [0.25, 0.3) is 0 Å². The fraction of sp³-hybridized carbons (Fsp3) is 0.900. The predicted octanol–water partition coefficient (Wildman–Crippen LogP) is 0.431. The minimum absolute atomic E-state index is 0.118. The van der Waals surface area contributed by atoms with E-state index in [1.807, 2.05) is 35.1 Å². The molecule has 0 rings (SSSR count). The van der Waals surface area contributed by atoms with E-state index in [9.17, 15) is 4.79 Å². The summed E-state index contributed by atoms with van der Waals surface area (Å²) in [4.78, 5) is 15.4. The van der Waals surface area contributed by atoms with Crippen molar-refractivity contribution in [2.75, 3.05) is 41.3 Å². The van der Waals surface area contributed by atoms with Gasteiger partial charge in [0, 0.05) is 12.6 Å². The van der Waals surface area contributed by atoms with Gasteiger partial charge in [-0.1, -0.05) is 0 Å². The van der Waals surface area contributed by atoms with Gasteiger partial charge in [-0.2, -0.15) is 0 Å². The lowest BCUT2D eigenvalue weighted by Crippen LogP contribution is -2.39. The van der Waals surface area contributed by atoms with E-state index < -0.39 is 0 Å². The molecule has 4 nitrogen and oxygen atoms in total. The molecule has 0 aliphatic carbocycles. The number of likely N-dealkylation sites (N-methyl/N-ethyl adjacent to an activating group) is 2. The lowest BCUT2D eigenvalue weighted by molar-refractivity contribution is -0.144. The molecule has 0 heterocycles. The highest BCUT2D eigenvalue weighted by Gasteiger charge is 2.17. The number of nitrogens with zero attached hydrogens (tertiary/aromatic N) is 2. The van der Waals surface area contributed by atoms with E-state index in [0.29, 0.717) is 13.0 Å². The summed E-state index contributed by atoms with van der Waals surface area (Å²) in [5.41, 5.74) is 0. The van der Waals surface area contributed by atoms with Crippen LogP contribution in [0.1, 0.15) is 13.3 Å². The van der Waals surface area contributed by atoms with Gasteiger partial charge < -0.3 is 14.5 Å². The van der Waals surface area contributed by atoms with Crippen LogP contribution in [-0.2, 0) is 9.53 Å². The van der Waals surface area contributed by atoms with Gasteiger partial charge in [-0.15, -0.1) is 0 Å². The molecule has 1 atom stereocenters. The second-order valence-electron chi connectivity index (χ2n) is 3.89. The first-order valence-corrected chi connectivity index (χ1v) is 4.94. The SMILES string of the molecule is CCOC(=O)CC(CN(C)C)N(C)C. The average molecular weight is 202 g/mol. The molecule has 0 bridgehead atoms. The Hall–Kier alpha value is -0.610. The summed E-state index contributed by atoms with van der Waals surface area (Å²) < 4.78 is 4.92. The minimum atomic E-state index is -0.118. The Bertz CT molecular complexity index is 170. The summed E-state index contributed by atoms with van der Waals surface area (Å²) in [5.74, 6) is -0.118. The van der Waals surface area contributed by atoms with Crippen LogP contribution in [0, 0.1) is 0 Å². The molecule has 0 aromatic rings. The van der Waals surface area contributed by atoms with Crippen molar-refractivity contribution in [3.05, 3.63) is 0 Å². The van der Waals surface area contributed by atoms with E-state index >= 15 is 0 Å².